The van der Waals surface area contributed by atoms with E-state index in [1.54, 1.807) is 18.2 Å². The largest absolute Gasteiger partial charge is 0.297 e. The highest BCUT2D eigenvalue weighted by molar-refractivity contribution is 7.94. The predicted molar refractivity (Wildman–Crippen MR) is 93.3 cm³/mol. The first-order valence-corrected chi connectivity index (χ1v) is 12.0. The standard InChI is InChI=1S/C16H14O7S3/c17-24(18)11-10-13(12-24)23-26(21,22)16-8-6-15(7-9-16)25(19,20)14-4-2-1-3-5-14/h1-11,13H,12H2. The molecule has 7 nitrogen and oxygen atoms in total. The van der Waals surface area contributed by atoms with Gasteiger partial charge in [0, 0.05) is 5.41 Å². The lowest BCUT2D eigenvalue weighted by molar-refractivity contribution is 0.279. The molecule has 0 saturated carbocycles. The molecule has 0 aliphatic carbocycles. The molecule has 26 heavy (non-hydrogen) atoms. The fraction of sp³-hybridized carbons (Fsp3) is 0.125. The van der Waals surface area contributed by atoms with Gasteiger partial charge in [0.2, 0.25) is 9.84 Å². The smallest absolute Gasteiger partial charge is 0.258 e. The molecule has 0 spiro atoms. The van der Waals surface area contributed by atoms with E-state index in [4.69, 9.17) is 4.18 Å². The van der Waals surface area contributed by atoms with Crippen LogP contribution in [0, 0.1) is 0 Å². The molecule has 2 aromatic rings. The fourth-order valence-corrected chi connectivity index (χ4v) is 5.92. The zero-order valence-corrected chi connectivity index (χ0v) is 15.7. The zero-order valence-electron chi connectivity index (χ0n) is 13.2. The normalized spacial score (nSPS) is 19.5. The minimum Gasteiger partial charge on any atom is -0.258 e. The molecule has 1 atom stereocenters. The van der Waals surface area contributed by atoms with E-state index in [1.807, 2.05) is 0 Å². The molecule has 10 heteroatoms. The number of sulfone groups is 2. The molecule has 0 bridgehead atoms. The summed E-state index contributed by atoms with van der Waals surface area (Å²) < 4.78 is 77.0. The minimum atomic E-state index is -4.23. The number of benzene rings is 2. The monoisotopic (exact) mass is 414 g/mol. The molecule has 0 aromatic heterocycles. The lowest BCUT2D eigenvalue weighted by Gasteiger charge is -2.10. The molecular weight excluding hydrogens is 400 g/mol. The summed E-state index contributed by atoms with van der Waals surface area (Å²) in [5.74, 6) is -0.452. The summed E-state index contributed by atoms with van der Waals surface area (Å²) in [6, 6.07) is 12.3. The molecule has 1 unspecified atom stereocenters. The van der Waals surface area contributed by atoms with Crippen LogP contribution in [0.4, 0.5) is 0 Å². The number of hydrogen-bond acceptors (Lipinski definition) is 7. The van der Waals surface area contributed by atoms with Gasteiger partial charge in [-0.25, -0.2) is 16.8 Å². The average molecular weight is 414 g/mol. The minimum absolute atomic E-state index is 0.0639. The van der Waals surface area contributed by atoms with Crippen LogP contribution in [0.3, 0.4) is 0 Å². The fourth-order valence-electron chi connectivity index (χ4n) is 2.35. The molecule has 0 amide bonds. The second kappa shape index (κ2) is 6.62. The van der Waals surface area contributed by atoms with Crippen LogP contribution >= 0.6 is 0 Å². The maximum Gasteiger partial charge on any atom is 0.297 e. The summed E-state index contributed by atoms with van der Waals surface area (Å²) >= 11 is 0. The first-order chi connectivity index (χ1) is 12.1. The Morgan fingerprint density at radius 1 is 0.808 bits per heavy atom. The molecule has 1 heterocycles. The van der Waals surface area contributed by atoms with Crippen LogP contribution in [0.15, 0.2) is 80.8 Å². The number of rotatable bonds is 5. The summed E-state index contributed by atoms with van der Waals surface area (Å²) in [7, 11) is -11.5. The van der Waals surface area contributed by atoms with E-state index in [2.05, 4.69) is 0 Å². The van der Waals surface area contributed by atoms with Crippen molar-refractivity contribution < 1.29 is 29.4 Å². The first kappa shape index (κ1) is 18.8. The van der Waals surface area contributed by atoms with E-state index < -0.39 is 41.6 Å². The Morgan fingerprint density at radius 3 is 1.88 bits per heavy atom. The van der Waals surface area contributed by atoms with Crippen LogP contribution in [-0.4, -0.2) is 37.1 Å². The lowest BCUT2D eigenvalue weighted by Crippen LogP contribution is -2.20. The van der Waals surface area contributed by atoms with Gasteiger partial charge in [0.05, 0.1) is 20.4 Å². The van der Waals surface area contributed by atoms with Crippen LogP contribution in [0.2, 0.25) is 0 Å². The van der Waals surface area contributed by atoms with Crippen molar-refractivity contribution in [1.82, 2.24) is 0 Å². The van der Waals surface area contributed by atoms with Crippen molar-refractivity contribution in [2.45, 2.75) is 20.8 Å². The molecule has 1 aliphatic heterocycles. The molecule has 138 valence electrons. The van der Waals surface area contributed by atoms with Gasteiger partial charge in [-0.1, -0.05) is 18.2 Å². The van der Waals surface area contributed by atoms with Crippen LogP contribution in [0.5, 0.6) is 0 Å². The third kappa shape index (κ3) is 3.88. The third-order valence-electron chi connectivity index (χ3n) is 3.62. The summed E-state index contributed by atoms with van der Waals surface area (Å²) in [5, 5.41) is 0.905. The van der Waals surface area contributed by atoms with E-state index in [-0.39, 0.29) is 14.7 Å². The molecule has 0 N–H and O–H groups in total. The van der Waals surface area contributed by atoms with Crippen molar-refractivity contribution in [1.29, 1.82) is 0 Å². The molecule has 0 fully saturated rings. The lowest BCUT2D eigenvalue weighted by atomic mass is 10.4. The predicted octanol–water partition coefficient (Wildman–Crippen LogP) is 1.54. The van der Waals surface area contributed by atoms with Gasteiger partial charge >= 0.3 is 0 Å². The van der Waals surface area contributed by atoms with Crippen molar-refractivity contribution in [3.8, 4) is 0 Å². The van der Waals surface area contributed by atoms with Crippen molar-refractivity contribution in [3.05, 3.63) is 66.1 Å². The van der Waals surface area contributed by atoms with Gasteiger partial charge in [-0.2, -0.15) is 8.42 Å². The van der Waals surface area contributed by atoms with E-state index in [0.29, 0.717) is 0 Å². The molecular formula is C16H14O7S3. The van der Waals surface area contributed by atoms with E-state index >= 15 is 0 Å². The van der Waals surface area contributed by atoms with Crippen LogP contribution in [0.25, 0.3) is 0 Å². The van der Waals surface area contributed by atoms with Gasteiger partial charge in [-0.15, -0.1) is 0 Å². The molecule has 0 radical (unpaired) electrons. The second-order valence-corrected chi connectivity index (χ2v) is 11.0. The van der Waals surface area contributed by atoms with Crippen LogP contribution in [0.1, 0.15) is 0 Å². The molecule has 3 rings (SSSR count). The summed E-state index contributed by atoms with van der Waals surface area (Å²) in [6.07, 6.45) is 0.0546. The Labute approximate surface area is 151 Å². The van der Waals surface area contributed by atoms with Crippen molar-refractivity contribution in [3.63, 3.8) is 0 Å². The van der Waals surface area contributed by atoms with E-state index in [1.165, 1.54) is 24.3 Å². The highest BCUT2D eigenvalue weighted by Gasteiger charge is 2.28. The topological polar surface area (TPSA) is 112 Å². The van der Waals surface area contributed by atoms with E-state index in [0.717, 1.165) is 23.6 Å². The molecule has 2 aromatic carbocycles. The molecule has 0 saturated heterocycles. The Balaban J connectivity index is 1.84. The summed E-state index contributed by atoms with van der Waals surface area (Å²) in [6.45, 7) is 0. The highest BCUT2D eigenvalue weighted by atomic mass is 32.2. The van der Waals surface area contributed by atoms with Crippen molar-refractivity contribution in [2.24, 2.45) is 0 Å². The summed E-state index contributed by atoms with van der Waals surface area (Å²) in [4.78, 5) is -0.235. The Hall–Kier alpha value is -2.01. The second-order valence-electron chi connectivity index (χ2n) is 5.53. The Kier molecular flexibility index (Phi) is 4.78. The van der Waals surface area contributed by atoms with Crippen LogP contribution < -0.4 is 0 Å². The first-order valence-electron chi connectivity index (χ1n) is 7.35. The van der Waals surface area contributed by atoms with Crippen LogP contribution in [-0.2, 0) is 34.0 Å². The zero-order chi connectivity index (χ0) is 19.0. The Bertz CT molecular complexity index is 1150. The van der Waals surface area contributed by atoms with Gasteiger partial charge in [0.25, 0.3) is 10.1 Å². The Morgan fingerprint density at radius 2 is 1.35 bits per heavy atom. The van der Waals surface area contributed by atoms with Gasteiger partial charge in [-0.05, 0) is 42.5 Å². The third-order valence-corrected chi connectivity index (χ3v) is 8.12. The average Bonchev–Trinajstić information content (AvgIpc) is 2.93. The molecule has 1 aliphatic rings. The number of hydrogen-bond donors (Lipinski definition) is 0. The van der Waals surface area contributed by atoms with E-state index in [9.17, 15) is 25.3 Å². The summed E-state index contributed by atoms with van der Waals surface area (Å²) in [5.41, 5.74) is 0. The van der Waals surface area contributed by atoms with Gasteiger partial charge in [0.15, 0.2) is 9.84 Å². The SMILES string of the molecule is O=S1(=O)C=CC(OS(=O)(=O)c2ccc(S(=O)(=O)c3ccccc3)cc2)C1. The highest BCUT2D eigenvalue weighted by Crippen LogP contribution is 2.24. The van der Waals surface area contributed by atoms with Crippen molar-refractivity contribution in [2.75, 3.05) is 5.75 Å². The van der Waals surface area contributed by atoms with Gasteiger partial charge in [-0.3, -0.25) is 4.18 Å². The maximum atomic E-state index is 12.5. The van der Waals surface area contributed by atoms with Crippen molar-refractivity contribution >= 4 is 29.8 Å². The quantitative estimate of drug-likeness (QED) is 0.682. The van der Waals surface area contributed by atoms with Gasteiger partial charge < -0.3 is 0 Å². The maximum absolute atomic E-state index is 12.5. The van der Waals surface area contributed by atoms with Gasteiger partial charge in [0.1, 0.15) is 6.10 Å².